The van der Waals surface area contributed by atoms with E-state index in [1.54, 1.807) is 29.2 Å². The topological polar surface area (TPSA) is 78.5 Å². The van der Waals surface area contributed by atoms with Gasteiger partial charge in [-0.15, -0.1) is 0 Å². The molecule has 2 aromatic carbocycles. The second-order valence-corrected chi connectivity index (χ2v) is 6.90. The summed E-state index contributed by atoms with van der Waals surface area (Å²) >= 11 is 11.8. The van der Waals surface area contributed by atoms with Gasteiger partial charge in [-0.05, 0) is 42.8 Å². The average Bonchev–Trinajstić information content (AvgIpc) is 3.06. The van der Waals surface area contributed by atoms with Crippen molar-refractivity contribution in [3.8, 4) is 0 Å². The summed E-state index contributed by atoms with van der Waals surface area (Å²) in [5, 5.41) is 5.85. The number of nitrogens with one attached hydrogen (secondary N) is 2. The Balaban J connectivity index is 1.58. The molecule has 0 aromatic heterocycles. The largest absolute Gasteiger partial charge is 0.343 e. The van der Waals surface area contributed by atoms with Crippen LogP contribution >= 0.6 is 23.2 Å². The first-order chi connectivity index (χ1) is 12.9. The molecule has 0 radical (unpaired) electrons. The van der Waals surface area contributed by atoms with Crippen molar-refractivity contribution in [3.05, 3.63) is 58.1 Å². The highest BCUT2D eigenvalue weighted by Crippen LogP contribution is 2.24. The molecule has 0 aliphatic carbocycles. The first kappa shape index (κ1) is 19.2. The highest BCUT2D eigenvalue weighted by molar-refractivity contribution is 6.36. The van der Waals surface area contributed by atoms with Crippen molar-refractivity contribution < 1.29 is 14.4 Å². The number of halogens is 2. The van der Waals surface area contributed by atoms with Gasteiger partial charge in [0.05, 0.1) is 17.1 Å². The summed E-state index contributed by atoms with van der Waals surface area (Å²) in [6.45, 7) is 0.457. The van der Waals surface area contributed by atoms with Gasteiger partial charge in [0, 0.05) is 29.4 Å². The second-order valence-electron chi connectivity index (χ2n) is 6.05. The van der Waals surface area contributed by atoms with Crippen molar-refractivity contribution in [2.24, 2.45) is 0 Å². The molecule has 1 heterocycles. The summed E-state index contributed by atoms with van der Waals surface area (Å²) in [5.41, 5.74) is 1.53. The summed E-state index contributed by atoms with van der Waals surface area (Å²) in [5.74, 6) is -0.785. The highest BCUT2D eigenvalue weighted by Gasteiger charge is 2.21. The van der Waals surface area contributed by atoms with Crippen LogP contribution in [0.15, 0.2) is 42.5 Å². The third kappa shape index (κ3) is 4.78. The van der Waals surface area contributed by atoms with Crippen molar-refractivity contribution in [1.29, 1.82) is 0 Å². The van der Waals surface area contributed by atoms with Crippen LogP contribution in [0.4, 0.5) is 11.4 Å². The number of hydrogen-bond donors (Lipinski definition) is 2. The predicted octanol–water partition coefficient (Wildman–Crippen LogP) is 3.49. The third-order valence-corrected chi connectivity index (χ3v) is 4.65. The molecule has 3 rings (SSSR count). The van der Waals surface area contributed by atoms with Gasteiger partial charge in [0.25, 0.3) is 5.91 Å². The highest BCUT2D eigenvalue weighted by atomic mass is 35.5. The number of anilines is 2. The molecule has 0 saturated carbocycles. The van der Waals surface area contributed by atoms with E-state index in [0.717, 1.165) is 12.1 Å². The third-order valence-electron chi connectivity index (χ3n) is 4.10. The molecule has 1 saturated heterocycles. The number of carbonyl (C=O) groups is 3. The van der Waals surface area contributed by atoms with E-state index >= 15 is 0 Å². The first-order valence-electron chi connectivity index (χ1n) is 8.37. The maximum atomic E-state index is 12.1. The van der Waals surface area contributed by atoms with Crippen molar-refractivity contribution in [1.82, 2.24) is 5.32 Å². The molecule has 6 nitrogen and oxygen atoms in total. The maximum absolute atomic E-state index is 12.1. The van der Waals surface area contributed by atoms with Crippen LogP contribution in [0.1, 0.15) is 23.2 Å². The zero-order valence-electron chi connectivity index (χ0n) is 14.3. The van der Waals surface area contributed by atoms with Crippen molar-refractivity contribution in [2.75, 3.05) is 23.3 Å². The quantitative estimate of drug-likeness (QED) is 0.798. The summed E-state index contributed by atoms with van der Waals surface area (Å²) in [6, 6.07) is 11.6. The molecule has 3 amide bonds. The lowest BCUT2D eigenvalue weighted by molar-refractivity contribution is -0.117. The molecule has 2 aromatic rings. The first-order valence-corrected chi connectivity index (χ1v) is 9.13. The molecule has 0 atom stereocenters. The summed E-state index contributed by atoms with van der Waals surface area (Å²) in [4.78, 5) is 37.8. The Hall–Kier alpha value is -2.57. The van der Waals surface area contributed by atoms with Gasteiger partial charge in [0.2, 0.25) is 11.8 Å². The lowest BCUT2D eigenvalue weighted by Gasteiger charge is -2.16. The number of carbonyl (C=O) groups excluding carboxylic acids is 3. The Morgan fingerprint density at radius 3 is 2.63 bits per heavy atom. The van der Waals surface area contributed by atoms with Crippen LogP contribution in [-0.2, 0) is 9.59 Å². The fourth-order valence-electron chi connectivity index (χ4n) is 2.81. The molecule has 1 fully saturated rings. The summed E-state index contributed by atoms with van der Waals surface area (Å²) in [7, 11) is 0. The second kappa shape index (κ2) is 8.41. The molecule has 1 aliphatic rings. The average molecular weight is 406 g/mol. The molecule has 2 N–H and O–H groups in total. The van der Waals surface area contributed by atoms with Crippen LogP contribution in [0.3, 0.4) is 0 Å². The fourth-order valence-corrected chi connectivity index (χ4v) is 3.30. The lowest BCUT2D eigenvalue weighted by atomic mass is 10.2. The molecule has 1 aliphatic heterocycles. The monoisotopic (exact) mass is 405 g/mol. The van der Waals surface area contributed by atoms with Crippen LogP contribution < -0.4 is 15.5 Å². The molecule has 8 heteroatoms. The SMILES string of the molecule is O=C(CNC(=O)c1ccc(Cl)cc1Cl)Nc1cccc(N2CCCC2=O)c1. The summed E-state index contributed by atoms with van der Waals surface area (Å²) < 4.78 is 0. The summed E-state index contributed by atoms with van der Waals surface area (Å²) in [6.07, 6.45) is 1.37. The van der Waals surface area contributed by atoms with Crippen molar-refractivity contribution in [3.63, 3.8) is 0 Å². The standard InChI is InChI=1S/C19H17Cl2N3O3/c20-12-6-7-15(16(21)9-12)19(27)22-11-17(25)23-13-3-1-4-14(10-13)24-8-2-5-18(24)26/h1,3-4,6-7,9-10H,2,5,8,11H2,(H,22,27)(H,23,25). The molecular formula is C19H17Cl2N3O3. The van der Waals surface area contributed by atoms with Gasteiger partial charge in [-0.3, -0.25) is 14.4 Å². The van der Waals surface area contributed by atoms with E-state index < -0.39 is 11.8 Å². The zero-order chi connectivity index (χ0) is 19.4. The van der Waals surface area contributed by atoms with Crippen molar-refractivity contribution >= 4 is 52.3 Å². The Bertz CT molecular complexity index is 902. The Kier molecular flexibility index (Phi) is 5.98. The van der Waals surface area contributed by atoms with Gasteiger partial charge in [0.15, 0.2) is 0 Å². The van der Waals surface area contributed by atoms with E-state index in [0.29, 0.717) is 23.7 Å². The molecular weight excluding hydrogens is 389 g/mol. The smallest absolute Gasteiger partial charge is 0.253 e. The number of nitrogens with zero attached hydrogens (tertiary/aromatic N) is 1. The van der Waals surface area contributed by atoms with E-state index in [-0.39, 0.29) is 23.0 Å². The van der Waals surface area contributed by atoms with Crippen LogP contribution in [0.5, 0.6) is 0 Å². The number of benzene rings is 2. The Morgan fingerprint density at radius 1 is 1.11 bits per heavy atom. The van der Waals surface area contributed by atoms with E-state index in [1.807, 2.05) is 6.07 Å². The van der Waals surface area contributed by atoms with Crippen LogP contribution in [0.25, 0.3) is 0 Å². The molecule has 140 valence electrons. The predicted molar refractivity (Wildman–Crippen MR) is 105 cm³/mol. The van der Waals surface area contributed by atoms with Gasteiger partial charge in [-0.2, -0.15) is 0 Å². The minimum atomic E-state index is -0.469. The zero-order valence-corrected chi connectivity index (χ0v) is 15.8. The minimum Gasteiger partial charge on any atom is -0.343 e. The molecule has 27 heavy (non-hydrogen) atoms. The van der Waals surface area contributed by atoms with Gasteiger partial charge in [0.1, 0.15) is 0 Å². The Morgan fingerprint density at radius 2 is 1.93 bits per heavy atom. The van der Waals surface area contributed by atoms with Gasteiger partial charge < -0.3 is 15.5 Å². The molecule has 0 unspecified atom stereocenters. The number of hydrogen-bond acceptors (Lipinski definition) is 3. The Labute approximate surface area is 166 Å². The fraction of sp³-hybridized carbons (Fsp3) is 0.211. The van der Waals surface area contributed by atoms with Crippen LogP contribution in [0, 0.1) is 0 Å². The van der Waals surface area contributed by atoms with Crippen molar-refractivity contribution in [2.45, 2.75) is 12.8 Å². The van der Waals surface area contributed by atoms with E-state index in [4.69, 9.17) is 23.2 Å². The molecule has 0 bridgehead atoms. The normalized spacial score (nSPS) is 13.6. The number of amides is 3. The number of rotatable bonds is 5. The van der Waals surface area contributed by atoms with Crippen LogP contribution in [0.2, 0.25) is 10.0 Å². The van der Waals surface area contributed by atoms with E-state index in [9.17, 15) is 14.4 Å². The van der Waals surface area contributed by atoms with Gasteiger partial charge in [-0.1, -0.05) is 29.3 Å². The van der Waals surface area contributed by atoms with Gasteiger partial charge >= 0.3 is 0 Å². The lowest BCUT2D eigenvalue weighted by Crippen LogP contribution is -2.33. The van der Waals surface area contributed by atoms with E-state index in [1.165, 1.54) is 12.1 Å². The van der Waals surface area contributed by atoms with E-state index in [2.05, 4.69) is 10.6 Å². The minimum absolute atomic E-state index is 0.0746. The van der Waals surface area contributed by atoms with Gasteiger partial charge in [-0.25, -0.2) is 0 Å². The maximum Gasteiger partial charge on any atom is 0.253 e. The molecule has 0 spiro atoms. The van der Waals surface area contributed by atoms with Crippen LogP contribution in [-0.4, -0.2) is 30.8 Å².